The molecule has 0 fully saturated rings. The fourth-order valence-corrected chi connectivity index (χ4v) is 2.14. The van der Waals surface area contributed by atoms with Crippen molar-refractivity contribution in [3.8, 4) is 5.75 Å². The first-order valence-corrected chi connectivity index (χ1v) is 6.77. The van der Waals surface area contributed by atoms with Gasteiger partial charge in [-0.3, -0.25) is 0 Å². The van der Waals surface area contributed by atoms with Gasteiger partial charge in [-0.05, 0) is 31.2 Å². The van der Waals surface area contributed by atoms with Gasteiger partial charge in [0, 0.05) is 17.1 Å². The molecule has 1 aromatic heterocycles. The fourth-order valence-electron chi connectivity index (χ4n) is 2.14. The molecule has 4 nitrogen and oxygen atoms in total. The molecule has 0 saturated heterocycles. The number of ether oxygens (including phenoxy) is 1. The molecule has 0 aliphatic rings. The van der Waals surface area contributed by atoms with E-state index in [2.05, 4.69) is 15.3 Å². The third-order valence-corrected chi connectivity index (χ3v) is 3.11. The lowest BCUT2D eigenvalue weighted by atomic mass is 10.2. The normalized spacial score (nSPS) is 10.7. The zero-order valence-corrected chi connectivity index (χ0v) is 11.8. The predicted octanol–water partition coefficient (Wildman–Crippen LogP) is 4.05. The number of para-hydroxylation sites is 1. The van der Waals surface area contributed by atoms with Gasteiger partial charge in [-0.2, -0.15) is 0 Å². The smallest absolute Gasteiger partial charge is 0.167 e. The summed E-state index contributed by atoms with van der Waals surface area (Å²) in [6, 6.07) is 9.11. The Labute approximate surface area is 125 Å². The van der Waals surface area contributed by atoms with E-state index in [1.165, 1.54) is 24.5 Å². The van der Waals surface area contributed by atoms with Gasteiger partial charge in [0.05, 0.1) is 6.61 Å². The van der Waals surface area contributed by atoms with E-state index < -0.39 is 11.6 Å². The average molecular weight is 301 g/mol. The van der Waals surface area contributed by atoms with Crippen molar-refractivity contribution in [2.75, 3.05) is 11.9 Å². The molecular formula is C16H13F2N3O. The highest BCUT2D eigenvalue weighted by Crippen LogP contribution is 2.27. The Morgan fingerprint density at radius 2 is 1.95 bits per heavy atom. The second-order valence-corrected chi connectivity index (χ2v) is 4.56. The molecule has 1 N–H and O–H groups in total. The van der Waals surface area contributed by atoms with Crippen LogP contribution in [0.5, 0.6) is 5.75 Å². The Balaban J connectivity index is 1.97. The minimum Gasteiger partial charge on any atom is -0.491 e. The molecule has 0 saturated carbocycles. The maximum absolute atomic E-state index is 13.9. The Morgan fingerprint density at radius 1 is 1.09 bits per heavy atom. The van der Waals surface area contributed by atoms with Gasteiger partial charge in [0.25, 0.3) is 0 Å². The molecule has 112 valence electrons. The molecule has 0 radical (unpaired) electrons. The van der Waals surface area contributed by atoms with Gasteiger partial charge in [0.2, 0.25) is 0 Å². The van der Waals surface area contributed by atoms with E-state index in [0.29, 0.717) is 23.5 Å². The fraction of sp³-hybridized carbons (Fsp3) is 0.125. The van der Waals surface area contributed by atoms with Crippen LogP contribution in [0.3, 0.4) is 0 Å². The van der Waals surface area contributed by atoms with Gasteiger partial charge in [0.1, 0.15) is 23.5 Å². The molecule has 1 heterocycles. The topological polar surface area (TPSA) is 47.0 Å². The van der Waals surface area contributed by atoms with Crippen molar-refractivity contribution in [2.45, 2.75) is 6.92 Å². The number of nitrogens with one attached hydrogen (secondary N) is 1. The van der Waals surface area contributed by atoms with E-state index in [0.717, 1.165) is 0 Å². The molecule has 3 rings (SSSR count). The number of anilines is 2. The van der Waals surface area contributed by atoms with Gasteiger partial charge in [-0.1, -0.05) is 6.07 Å². The van der Waals surface area contributed by atoms with Crippen LogP contribution in [-0.2, 0) is 0 Å². The highest BCUT2D eigenvalue weighted by molar-refractivity contribution is 5.90. The molecule has 0 unspecified atom stereocenters. The highest BCUT2D eigenvalue weighted by Gasteiger charge is 2.09. The third kappa shape index (κ3) is 2.67. The Morgan fingerprint density at radius 3 is 2.73 bits per heavy atom. The van der Waals surface area contributed by atoms with E-state index in [1.807, 2.05) is 0 Å². The molecule has 22 heavy (non-hydrogen) atoms. The van der Waals surface area contributed by atoms with Crippen molar-refractivity contribution in [1.82, 2.24) is 9.97 Å². The number of rotatable bonds is 4. The maximum atomic E-state index is 13.9. The van der Waals surface area contributed by atoms with Gasteiger partial charge in [0.15, 0.2) is 11.6 Å². The van der Waals surface area contributed by atoms with Crippen LogP contribution in [0.25, 0.3) is 10.9 Å². The van der Waals surface area contributed by atoms with Crippen LogP contribution in [0.2, 0.25) is 0 Å². The maximum Gasteiger partial charge on any atom is 0.167 e. The standard InChI is InChI=1S/C16H13F2N3O/c1-2-22-14-7-6-10(8-13(14)18)21-16-11-4-3-5-12(17)15(11)19-9-20-16/h3-9H,2H2,1H3,(H,19,20,21). The molecule has 0 amide bonds. The number of aromatic nitrogens is 2. The van der Waals surface area contributed by atoms with Crippen LogP contribution in [-0.4, -0.2) is 16.6 Å². The third-order valence-electron chi connectivity index (χ3n) is 3.11. The summed E-state index contributed by atoms with van der Waals surface area (Å²) < 4.78 is 32.7. The number of fused-ring (bicyclic) bond motifs is 1. The highest BCUT2D eigenvalue weighted by atomic mass is 19.1. The molecule has 3 aromatic rings. The van der Waals surface area contributed by atoms with Crippen LogP contribution < -0.4 is 10.1 Å². The zero-order chi connectivity index (χ0) is 15.5. The first-order valence-electron chi connectivity index (χ1n) is 6.77. The minimum atomic E-state index is -0.476. The largest absolute Gasteiger partial charge is 0.491 e. The summed E-state index contributed by atoms with van der Waals surface area (Å²) in [5.74, 6) is -0.308. The molecule has 0 spiro atoms. The Hall–Kier alpha value is -2.76. The average Bonchev–Trinajstić information content (AvgIpc) is 2.51. The summed E-state index contributed by atoms with van der Waals surface area (Å²) in [4.78, 5) is 8.01. The van der Waals surface area contributed by atoms with E-state index in [4.69, 9.17) is 4.74 Å². The zero-order valence-electron chi connectivity index (χ0n) is 11.8. The van der Waals surface area contributed by atoms with Crippen molar-refractivity contribution in [3.63, 3.8) is 0 Å². The van der Waals surface area contributed by atoms with Crippen LogP contribution in [0.4, 0.5) is 20.3 Å². The van der Waals surface area contributed by atoms with Crippen molar-refractivity contribution in [3.05, 3.63) is 54.4 Å². The minimum absolute atomic E-state index is 0.187. The van der Waals surface area contributed by atoms with Gasteiger partial charge < -0.3 is 10.1 Å². The first-order chi connectivity index (χ1) is 10.7. The number of halogens is 2. The van der Waals surface area contributed by atoms with E-state index in [9.17, 15) is 8.78 Å². The van der Waals surface area contributed by atoms with Crippen molar-refractivity contribution in [2.24, 2.45) is 0 Å². The molecule has 0 bridgehead atoms. The molecule has 6 heteroatoms. The molecule has 0 aliphatic heterocycles. The first kappa shape index (κ1) is 14.2. The summed E-state index contributed by atoms with van der Waals surface area (Å²) in [6.07, 6.45) is 1.26. The van der Waals surface area contributed by atoms with Crippen molar-refractivity contribution < 1.29 is 13.5 Å². The summed E-state index contributed by atoms with van der Waals surface area (Å²) in [7, 11) is 0. The van der Waals surface area contributed by atoms with E-state index in [1.54, 1.807) is 25.1 Å². The number of hydrogen-bond donors (Lipinski definition) is 1. The second-order valence-electron chi connectivity index (χ2n) is 4.56. The van der Waals surface area contributed by atoms with E-state index in [-0.39, 0.29) is 11.3 Å². The molecule has 2 aromatic carbocycles. The summed E-state index contributed by atoms with van der Waals surface area (Å²) in [6.45, 7) is 2.17. The Bertz CT molecular complexity index is 824. The van der Waals surface area contributed by atoms with Gasteiger partial charge >= 0.3 is 0 Å². The lowest BCUT2D eigenvalue weighted by Crippen LogP contribution is -1.99. The van der Waals surface area contributed by atoms with Crippen LogP contribution in [0.15, 0.2) is 42.7 Å². The molecule has 0 aliphatic carbocycles. The lowest BCUT2D eigenvalue weighted by molar-refractivity contribution is 0.321. The van der Waals surface area contributed by atoms with Gasteiger partial charge in [-0.25, -0.2) is 18.7 Å². The van der Waals surface area contributed by atoms with Crippen LogP contribution >= 0.6 is 0 Å². The lowest BCUT2D eigenvalue weighted by Gasteiger charge is -2.10. The number of benzene rings is 2. The van der Waals surface area contributed by atoms with Crippen LogP contribution in [0.1, 0.15) is 6.92 Å². The number of hydrogen-bond acceptors (Lipinski definition) is 4. The quantitative estimate of drug-likeness (QED) is 0.789. The van der Waals surface area contributed by atoms with E-state index >= 15 is 0 Å². The second kappa shape index (κ2) is 5.93. The molecular weight excluding hydrogens is 288 g/mol. The van der Waals surface area contributed by atoms with Crippen molar-refractivity contribution in [1.29, 1.82) is 0 Å². The van der Waals surface area contributed by atoms with Crippen LogP contribution in [0, 0.1) is 11.6 Å². The van der Waals surface area contributed by atoms with Crippen molar-refractivity contribution >= 4 is 22.4 Å². The number of nitrogens with zero attached hydrogens (tertiary/aromatic N) is 2. The van der Waals surface area contributed by atoms with Gasteiger partial charge in [-0.15, -0.1) is 0 Å². The predicted molar refractivity (Wildman–Crippen MR) is 80.3 cm³/mol. The summed E-state index contributed by atoms with van der Waals surface area (Å²) in [5, 5.41) is 3.50. The SMILES string of the molecule is CCOc1ccc(Nc2ncnc3c(F)cccc23)cc1F. The Kier molecular flexibility index (Phi) is 3.82. The molecule has 0 atom stereocenters. The summed E-state index contributed by atoms with van der Waals surface area (Å²) >= 11 is 0. The summed E-state index contributed by atoms with van der Waals surface area (Å²) in [5.41, 5.74) is 0.705. The monoisotopic (exact) mass is 301 g/mol.